The lowest BCUT2D eigenvalue weighted by Gasteiger charge is -2.36. The minimum absolute atomic E-state index is 0.0599. The molecule has 3 fully saturated rings. The lowest BCUT2D eigenvalue weighted by Crippen LogP contribution is -2.58. The van der Waals surface area contributed by atoms with Crippen molar-refractivity contribution in [2.75, 3.05) is 11.9 Å². The minimum atomic E-state index is -3.90. The van der Waals surface area contributed by atoms with Gasteiger partial charge in [0, 0.05) is 25.2 Å². The number of sulfonamides is 1. The highest BCUT2D eigenvalue weighted by atomic mass is 32.2. The number of benzene rings is 2. The van der Waals surface area contributed by atoms with E-state index in [1.54, 1.807) is 6.07 Å². The third-order valence-electron chi connectivity index (χ3n) is 10.4. The summed E-state index contributed by atoms with van der Waals surface area (Å²) in [6.07, 6.45) is -0.120. The first-order valence-electron chi connectivity index (χ1n) is 17.4. The molecule has 1 saturated heterocycles. The summed E-state index contributed by atoms with van der Waals surface area (Å²) in [6, 6.07) is 8.00. The van der Waals surface area contributed by atoms with Crippen LogP contribution in [0.25, 0.3) is 0 Å². The van der Waals surface area contributed by atoms with Crippen LogP contribution in [-0.4, -0.2) is 88.6 Å². The Kier molecular flexibility index (Phi) is 9.74. The van der Waals surface area contributed by atoms with Gasteiger partial charge < -0.3 is 25.4 Å². The van der Waals surface area contributed by atoms with Crippen LogP contribution < -0.4 is 15.4 Å². The van der Waals surface area contributed by atoms with Gasteiger partial charge in [0.2, 0.25) is 21.8 Å². The molecule has 0 unspecified atom stereocenters. The van der Waals surface area contributed by atoms with E-state index in [0.717, 1.165) is 5.56 Å². The van der Waals surface area contributed by atoms with Gasteiger partial charge in [0.25, 0.3) is 5.91 Å². The third-order valence-corrected chi connectivity index (χ3v) is 12.2. The number of fused-ring (bicyclic) bond motifs is 1. The number of nitrogens with zero attached hydrogens (tertiary/aromatic N) is 2. The van der Waals surface area contributed by atoms with E-state index in [1.165, 1.54) is 46.2 Å². The maximum Gasteiger partial charge on any atom is 0.410 e. The summed E-state index contributed by atoms with van der Waals surface area (Å²) in [7, 11) is -3.90. The quantitative estimate of drug-likeness (QED) is 0.266. The number of hydrogen-bond acceptors (Lipinski definition) is 9. The van der Waals surface area contributed by atoms with Crippen LogP contribution in [0.3, 0.4) is 0 Å². The van der Waals surface area contributed by atoms with Crippen LogP contribution in [0.15, 0.2) is 42.5 Å². The number of amides is 4. The largest absolute Gasteiger partial charge is 0.478 e. The summed E-state index contributed by atoms with van der Waals surface area (Å²) < 4.78 is 47.2. The van der Waals surface area contributed by atoms with Gasteiger partial charge in [-0.05, 0) is 78.1 Å². The van der Waals surface area contributed by atoms with Crippen LogP contribution in [0.1, 0.15) is 81.3 Å². The molecular formula is C36H44FN5O9S. The molecule has 2 aliphatic heterocycles. The van der Waals surface area contributed by atoms with Crippen molar-refractivity contribution in [2.45, 2.75) is 102 Å². The number of ether oxygens (including phenoxy) is 1. The predicted octanol–water partition coefficient (Wildman–Crippen LogP) is 3.37. The van der Waals surface area contributed by atoms with Crippen molar-refractivity contribution in [1.29, 1.82) is 0 Å². The van der Waals surface area contributed by atoms with Gasteiger partial charge in [-0.15, -0.1) is 0 Å². The highest BCUT2D eigenvalue weighted by Gasteiger charge is 2.62. The maximum absolute atomic E-state index is 14.5. The first-order valence-corrected chi connectivity index (χ1v) is 19.0. The zero-order valence-corrected chi connectivity index (χ0v) is 30.3. The molecule has 0 bridgehead atoms. The van der Waals surface area contributed by atoms with E-state index in [0.29, 0.717) is 30.5 Å². The Morgan fingerprint density at radius 3 is 2.31 bits per heavy atom. The van der Waals surface area contributed by atoms with E-state index in [-0.39, 0.29) is 44.0 Å². The van der Waals surface area contributed by atoms with Gasteiger partial charge in [-0.25, -0.2) is 22.4 Å². The van der Waals surface area contributed by atoms with Crippen molar-refractivity contribution in [3.05, 3.63) is 65.0 Å². The molecule has 2 heterocycles. The number of rotatable bonds is 11. The van der Waals surface area contributed by atoms with E-state index in [1.807, 2.05) is 27.7 Å². The average molecular weight is 742 g/mol. The molecule has 0 radical (unpaired) electrons. The first-order chi connectivity index (χ1) is 24.4. The van der Waals surface area contributed by atoms with Crippen LogP contribution >= 0.6 is 0 Å². The molecule has 2 aromatic carbocycles. The van der Waals surface area contributed by atoms with Gasteiger partial charge in [-0.3, -0.25) is 24.0 Å². The average Bonchev–Trinajstić information content (AvgIpc) is 3.97. The Morgan fingerprint density at radius 1 is 1.04 bits per heavy atom. The number of carboxylic acid groups (broad SMARTS) is 1. The van der Waals surface area contributed by atoms with Gasteiger partial charge in [0.05, 0.1) is 17.4 Å². The van der Waals surface area contributed by atoms with Crippen LogP contribution in [0.4, 0.5) is 14.9 Å². The lowest BCUT2D eigenvalue weighted by atomic mass is 9.85. The van der Waals surface area contributed by atoms with Gasteiger partial charge in [0.1, 0.15) is 29.5 Å². The number of carbonyl (C=O) groups excluding carboxylic acids is 4. The zero-order chi connectivity index (χ0) is 37.7. The molecule has 2 aromatic rings. The summed E-state index contributed by atoms with van der Waals surface area (Å²) >= 11 is 0. The van der Waals surface area contributed by atoms with Crippen LogP contribution in [0.5, 0.6) is 0 Å². The lowest BCUT2D eigenvalue weighted by molar-refractivity contribution is -0.141. The highest BCUT2D eigenvalue weighted by molar-refractivity contribution is 7.91. The minimum Gasteiger partial charge on any atom is -0.478 e. The van der Waals surface area contributed by atoms with Crippen molar-refractivity contribution in [3.8, 4) is 0 Å². The number of carboxylic acids is 1. The third kappa shape index (κ3) is 7.57. The summed E-state index contributed by atoms with van der Waals surface area (Å²) in [5, 5.41) is 14.6. The van der Waals surface area contributed by atoms with E-state index in [2.05, 4.69) is 15.4 Å². The molecule has 280 valence electrons. The van der Waals surface area contributed by atoms with E-state index in [4.69, 9.17) is 4.74 Å². The van der Waals surface area contributed by atoms with Crippen molar-refractivity contribution in [3.63, 3.8) is 0 Å². The van der Waals surface area contributed by atoms with Crippen molar-refractivity contribution >= 4 is 45.5 Å². The number of halogens is 1. The number of aromatic carboxylic acids is 1. The standard InChI is InChI=1S/C36H44FN5O9S/c1-5-23-16-36(23,33(47)40-52(49,50)27-12-13-27)39-30(43)28-15-26(51-34(48)41-17-21-6-9-24(37)14-22(21)18-41)19-42(28)31(44)29(35(2,3)4)38-25-10-7-20(8-11-25)32(45)46/h6-11,14,23,26-29,38H,5,12-13,15-19H2,1-4H3,(H,39,43)(H,40,47)(H,45,46)/t23-,26-,28+,29-,36-/m1/s1. The number of likely N-dealkylation sites (tertiary alicyclic amines) is 1. The van der Waals surface area contributed by atoms with Crippen molar-refractivity contribution in [2.24, 2.45) is 11.3 Å². The topological polar surface area (TPSA) is 192 Å². The molecule has 16 heteroatoms. The normalized spacial score (nSPS) is 24.4. The van der Waals surface area contributed by atoms with Gasteiger partial charge in [0.15, 0.2) is 0 Å². The second kappa shape index (κ2) is 13.7. The fraction of sp³-hybridized carbons (Fsp3) is 0.528. The van der Waals surface area contributed by atoms with E-state index >= 15 is 0 Å². The van der Waals surface area contributed by atoms with E-state index < -0.39 is 80.0 Å². The highest BCUT2D eigenvalue weighted by Crippen LogP contribution is 2.47. The summed E-state index contributed by atoms with van der Waals surface area (Å²) in [5.74, 6) is -3.87. The summed E-state index contributed by atoms with van der Waals surface area (Å²) in [4.78, 5) is 69.6. The molecule has 4 aliphatic rings. The number of nitrogens with one attached hydrogen (secondary N) is 3. The number of carbonyl (C=O) groups is 5. The Bertz CT molecular complexity index is 1900. The fourth-order valence-electron chi connectivity index (χ4n) is 7.07. The molecule has 5 atom stereocenters. The smallest absolute Gasteiger partial charge is 0.410 e. The maximum atomic E-state index is 14.5. The second-order valence-corrected chi connectivity index (χ2v) is 17.2. The monoisotopic (exact) mass is 741 g/mol. The van der Waals surface area contributed by atoms with Crippen LogP contribution in [-0.2, 0) is 42.2 Å². The van der Waals surface area contributed by atoms with Crippen LogP contribution in [0.2, 0.25) is 0 Å². The molecule has 2 aliphatic carbocycles. The molecule has 2 saturated carbocycles. The molecule has 4 amide bonds. The summed E-state index contributed by atoms with van der Waals surface area (Å²) in [6.45, 7) is 7.46. The molecule has 0 aromatic heterocycles. The molecule has 0 spiro atoms. The fourth-order valence-corrected chi connectivity index (χ4v) is 8.43. The number of anilines is 1. The molecule has 6 rings (SSSR count). The molecule has 52 heavy (non-hydrogen) atoms. The van der Waals surface area contributed by atoms with Crippen molar-refractivity contribution < 1.29 is 46.6 Å². The predicted molar refractivity (Wildman–Crippen MR) is 186 cm³/mol. The second-order valence-electron chi connectivity index (χ2n) is 15.3. The molecular weight excluding hydrogens is 697 g/mol. The van der Waals surface area contributed by atoms with Gasteiger partial charge in [-0.1, -0.05) is 40.2 Å². The Morgan fingerprint density at radius 2 is 1.71 bits per heavy atom. The zero-order valence-electron chi connectivity index (χ0n) is 29.5. The molecule has 4 N–H and O–H groups in total. The van der Waals surface area contributed by atoms with E-state index in [9.17, 15) is 41.9 Å². The van der Waals surface area contributed by atoms with Gasteiger partial charge >= 0.3 is 12.1 Å². The number of hydrogen-bond donors (Lipinski definition) is 4. The first kappa shape index (κ1) is 37.0. The Balaban J connectivity index is 1.24. The summed E-state index contributed by atoms with van der Waals surface area (Å²) in [5.41, 5.74) is -0.280. The SMILES string of the molecule is CC[C@@H]1C[C@]1(NC(=O)[C@@H]1C[C@@H](OC(=O)N2Cc3ccc(F)cc3C2)CN1C(=O)[C@@H](Nc1ccc(C(=O)O)cc1)C(C)(C)C)C(=O)NS(=O)(=O)C1CC1. The molecule has 14 nitrogen and oxygen atoms in total. The Labute approximate surface area is 301 Å². The Hall–Kier alpha value is -4.73. The van der Waals surface area contributed by atoms with Gasteiger partial charge in [-0.2, -0.15) is 0 Å². The van der Waals surface area contributed by atoms with Crippen molar-refractivity contribution in [1.82, 2.24) is 19.8 Å². The van der Waals surface area contributed by atoms with Crippen LogP contribution in [0, 0.1) is 17.2 Å².